The Balaban J connectivity index is 1.61. The summed E-state index contributed by atoms with van der Waals surface area (Å²) in [5, 5.41) is 11.7. The fraction of sp³-hybridized carbons (Fsp3) is 0.273. The maximum atomic E-state index is 11.5. The molecule has 1 aliphatic rings. The van der Waals surface area contributed by atoms with Gasteiger partial charge < -0.3 is 25.2 Å². The number of ether oxygens (including phenoxy) is 1. The summed E-state index contributed by atoms with van der Waals surface area (Å²) >= 11 is 0. The first-order chi connectivity index (χ1) is 15.8. The number of methoxy groups -OCH3 is 1. The number of aromatic nitrogens is 2. The topological polar surface area (TPSA) is 126 Å². The molecule has 1 saturated heterocycles. The summed E-state index contributed by atoms with van der Waals surface area (Å²) in [7, 11) is -0.0207. The molecule has 11 heteroatoms. The SMILES string of the molecule is COc1ccc(Nc2nc(Nc3ccc(S(N)(=O)=O)cc3)cc(N3CCN(C)CC3)n2)cc1. The Hall–Kier alpha value is -3.41. The molecule has 3 aromatic rings. The van der Waals surface area contributed by atoms with Crippen molar-refractivity contribution in [2.45, 2.75) is 4.90 Å². The molecule has 33 heavy (non-hydrogen) atoms. The number of hydrogen-bond acceptors (Lipinski definition) is 9. The number of hydrogen-bond donors (Lipinski definition) is 3. The monoisotopic (exact) mass is 469 g/mol. The third-order valence-electron chi connectivity index (χ3n) is 5.34. The zero-order chi connectivity index (χ0) is 23.4. The standard InChI is InChI=1S/C22H27N7O3S/c1-28-11-13-29(14-12-28)21-15-20(24-16-5-9-19(10-6-16)33(23,30)31)26-22(27-21)25-17-3-7-18(32-2)8-4-17/h3-10,15H,11-14H2,1-2H3,(H2,23,30,31)(H2,24,25,26,27). The highest BCUT2D eigenvalue weighted by atomic mass is 32.2. The molecule has 1 aromatic heterocycles. The maximum Gasteiger partial charge on any atom is 0.238 e. The fourth-order valence-electron chi connectivity index (χ4n) is 3.43. The molecule has 0 amide bonds. The van der Waals surface area contributed by atoms with E-state index in [1.165, 1.54) is 12.1 Å². The van der Waals surface area contributed by atoms with Crippen molar-refractivity contribution in [3.8, 4) is 5.75 Å². The Labute approximate surface area is 193 Å². The minimum atomic E-state index is -3.75. The van der Waals surface area contributed by atoms with E-state index in [-0.39, 0.29) is 4.90 Å². The molecule has 2 heterocycles. The lowest BCUT2D eigenvalue weighted by molar-refractivity contribution is 0.312. The van der Waals surface area contributed by atoms with Crippen molar-refractivity contribution in [3.05, 3.63) is 54.6 Å². The van der Waals surface area contributed by atoms with Gasteiger partial charge in [0.2, 0.25) is 16.0 Å². The molecule has 0 unspecified atom stereocenters. The zero-order valence-corrected chi connectivity index (χ0v) is 19.3. The predicted molar refractivity (Wildman–Crippen MR) is 129 cm³/mol. The Bertz CT molecular complexity index is 1190. The van der Waals surface area contributed by atoms with Crippen LogP contribution in [0.5, 0.6) is 5.75 Å². The van der Waals surface area contributed by atoms with Crippen molar-refractivity contribution in [1.29, 1.82) is 0 Å². The van der Waals surface area contributed by atoms with Crippen molar-refractivity contribution >= 4 is 39.0 Å². The van der Waals surface area contributed by atoms with Crippen LogP contribution in [-0.4, -0.2) is 63.6 Å². The average Bonchev–Trinajstić information content (AvgIpc) is 2.80. The lowest BCUT2D eigenvalue weighted by atomic mass is 10.3. The zero-order valence-electron chi connectivity index (χ0n) is 18.5. The molecule has 1 aliphatic heterocycles. The van der Waals surface area contributed by atoms with Gasteiger partial charge in [0.25, 0.3) is 0 Å². The Kier molecular flexibility index (Phi) is 6.63. The van der Waals surface area contributed by atoms with Crippen LogP contribution in [-0.2, 0) is 10.0 Å². The second-order valence-electron chi connectivity index (χ2n) is 7.77. The van der Waals surface area contributed by atoms with Gasteiger partial charge in [-0.25, -0.2) is 13.6 Å². The molecule has 2 aromatic carbocycles. The highest BCUT2D eigenvalue weighted by Crippen LogP contribution is 2.25. The van der Waals surface area contributed by atoms with E-state index in [0.717, 1.165) is 43.4 Å². The van der Waals surface area contributed by atoms with Gasteiger partial charge in [0, 0.05) is 43.6 Å². The molecule has 0 saturated carbocycles. The van der Waals surface area contributed by atoms with Gasteiger partial charge in [-0.05, 0) is 55.6 Å². The number of sulfonamides is 1. The molecule has 0 bridgehead atoms. The number of nitrogens with one attached hydrogen (secondary N) is 2. The van der Waals surface area contributed by atoms with Crippen molar-refractivity contribution in [1.82, 2.24) is 14.9 Å². The van der Waals surface area contributed by atoms with Crippen LogP contribution in [0.3, 0.4) is 0 Å². The summed E-state index contributed by atoms with van der Waals surface area (Å²) in [6.07, 6.45) is 0. The van der Waals surface area contributed by atoms with Gasteiger partial charge in [-0.3, -0.25) is 0 Å². The highest BCUT2D eigenvalue weighted by molar-refractivity contribution is 7.89. The lowest BCUT2D eigenvalue weighted by Crippen LogP contribution is -2.44. The highest BCUT2D eigenvalue weighted by Gasteiger charge is 2.18. The Morgan fingerprint density at radius 2 is 1.52 bits per heavy atom. The summed E-state index contributed by atoms with van der Waals surface area (Å²) in [4.78, 5) is 13.9. The van der Waals surface area contributed by atoms with Crippen molar-refractivity contribution in [3.63, 3.8) is 0 Å². The van der Waals surface area contributed by atoms with Gasteiger partial charge in [-0.15, -0.1) is 0 Å². The minimum Gasteiger partial charge on any atom is -0.497 e. The van der Waals surface area contributed by atoms with Crippen LogP contribution in [0.1, 0.15) is 0 Å². The number of primary sulfonamides is 1. The quantitative estimate of drug-likeness (QED) is 0.478. The first-order valence-electron chi connectivity index (χ1n) is 10.4. The minimum absolute atomic E-state index is 0.0516. The molecular formula is C22H27N7O3S. The van der Waals surface area contributed by atoms with Gasteiger partial charge >= 0.3 is 0 Å². The summed E-state index contributed by atoms with van der Waals surface area (Å²) in [5.74, 6) is 2.59. The molecule has 4 rings (SSSR count). The van der Waals surface area contributed by atoms with Crippen LogP contribution in [0.2, 0.25) is 0 Å². The third-order valence-corrected chi connectivity index (χ3v) is 6.27. The van der Waals surface area contributed by atoms with E-state index in [9.17, 15) is 8.42 Å². The normalized spacial score (nSPS) is 14.7. The maximum absolute atomic E-state index is 11.5. The van der Waals surface area contributed by atoms with E-state index < -0.39 is 10.0 Å². The van der Waals surface area contributed by atoms with E-state index in [4.69, 9.17) is 14.9 Å². The number of benzene rings is 2. The summed E-state index contributed by atoms with van der Waals surface area (Å²) in [6, 6.07) is 15.6. The van der Waals surface area contributed by atoms with E-state index in [1.807, 2.05) is 30.3 Å². The number of nitrogens with two attached hydrogens (primary N) is 1. The molecule has 0 spiro atoms. The molecule has 10 nitrogen and oxygen atoms in total. The van der Waals surface area contributed by atoms with Crippen LogP contribution in [0.25, 0.3) is 0 Å². The second kappa shape index (κ2) is 9.61. The van der Waals surface area contributed by atoms with Gasteiger partial charge in [-0.1, -0.05) is 0 Å². The van der Waals surface area contributed by atoms with Gasteiger partial charge in [-0.2, -0.15) is 9.97 Å². The molecule has 0 atom stereocenters. The van der Waals surface area contributed by atoms with E-state index >= 15 is 0 Å². The Morgan fingerprint density at radius 3 is 2.12 bits per heavy atom. The van der Waals surface area contributed by atoms with E-state index in [1.54, 1.807) is 19.2 Å². The van der Waals surface area contributed by atoms with Crippen molar-refractivity contribution in [2.75, 3.05) is 55.9 Å². The van der Waals surface area contributed by atoms with E-state index in [2.05, 4.69) is 32.5 Å². The van der Waals surface area contributed by atoms with Crippen LogP contribution in [0.15, 0.2) is 59.5 Å². The van der Waals surface area contributed by atoms with Crippen LogP contribution >= 0.6 is 0 Å². The fourth-order valence-corrected chi connectivity index (χ4v) is 3.95. The summed E-state index contributed by atoms with van der Waals surface area (Å²) < 4.78 is 28.2. The van der Waals surface area contributed by atoms with Crippen molar-refractivity contribution < 1.29 is 13.2 Å². The molecule has 4 N–H and O–H groups in total. The summed E-state index contributed by atoms with van der Waals surface area (Å²) in [5.41, 5.74) is 1.51. The number of rotatable bonds is 7. The average molecular weight is 470 g/mol. The lowest BCUT2D eigenvalue weighted by Gasteiger charge is -2.33. The molecule has 1 fully saturated rings. The number of piperazine rings is 1. The van der Waals surface area contributed by atoms with Crippen LogP contribution in [0.4, 0.5) is 29.0 Å². The van der Waals surface area contributed by atoms with Crippen LogP contribution in [0, 0.1) is 0 Å². The molecule has 174 valence electrons. The molecule has 0 aliphatic carbocycles. The number of nitrogens with zero attached hydrogens (tertiary/aromatic N) is 4. The first-order valence-corrected chi connectivity index (χ1v) is 12.0. The van der Waals surface area contributed by atoms with Gasteiger partial charge in [0.05, 0.1) is 12.0 Å². The van der Waals surface area contributed by atoms with Crippen molar-refractivity contribution in [2.24, 2.45) is 5.14 Å². The second-order valence-corrected chi connectivity index (χ2v) is 9.33. The van der Waals surface area contributed by atoms with Gasteiger partial charge in [0.1, 0.15) is 17.4 Å². The van der Waals surface area contributed by atoms with Gasteiger partial charge in [0.15, 0.2) is 0 Å². The first kappa shape index (κ1) is 22.8. The summed E-state index contributed by atoms with van der Waals surface area (Å²) in [6.45, 7) is 3.61. The molecular weight excluding hydrogens is 442 g/mol. The largest absolute Gasteiger partial charge is 0.497 e. The smallest absolute Gasteiger partial charge is 0.238 e. The Morgan fingerprint density at radius 1 is 0.909 bits per heavy atom. The van der Waals surface area contributed by atoms with Crippen LogP contribution < -0.4 is 25.4 Å². The molecule has 0 radical (unpaired) electrons. The van der Waals surface area contributed by atoms with E-state index in [0.29, 0.717) is 17.5 Å². The number of anilines is 5. The third kappa shape index (κ3) is 5.89. The number of likely N-dealkylation sites (N-methyl/N-ethyl adjacent to an activating group) is 1. The predicted octanol–water partition coefficient (Wildman–Crippen LogP) is 2.37.